The van der Waals surface area contributed by atoms with Crippen LogP contribution in [-0.4, -0.2) is 28.6 Å². The van der Waals surface area contributed by atoms with Crippen LogP contribution in [0.15, 0.2) is 4.42 Å². The lowest BCUT2D eigenvalue weighted by atomic mass is 10.3. The van der Waals surface area contributed by atoms with Crippen molar-refractivity contribution in [3.05, 3.63) is 17.3 Å². The van der Waals surface area contributed by atoms with Crippen molar-refractivity contribution >= 4 is 5.91 Å². The minimum absolute atomic E-state index is 0.248. The lowest BCUT2D eigenvalue weighted by Gasteiger charge is -2.04. The van der Waals surface area contributed by atoms with Crippen LogP contribution >= 0.6 is 0 Å². The van der Waals surface area contributed by atoms with E-state index < -0.39 is 6.10 Å². The molecule has 1 unspecified atom stereocenters. The molecule has 0 aliphatic rings. The number of rotatable bonds is 4. The molecule has 1 amide bonds. The maximum absolute atomic E-state index is 11.5. The quantitative estimate of drug-likeness (QED) is 0.773. The molecule has 2 N–H and O–H groups in total. The molecule has 0 saturated heterocycles. The van der Waals surface area contributed by atoms with Gasteiger partial charge in [0.1, 0.15) is 0 Å². The van der Waals surface area contributed by atoms with Crippen molar-refractivity contribution in [2.45, 2.75) is 33.3 Å². The van der Waals surface area contributed by atoms with Crippen molar-refractivity contribution in [1.29, 1.82) is 0 Å². The number of nitrogens with zero attached hydrogens (tertiary/aromatic N) is 1. The smallest absolute Gasteiger partial charge is 0.289 e. The van der Waals surface area contributed by atoms with E-state index in [-0.39, 0.29) is 11.7 Å². The average Bonchev–Trinajstić information content (AvgIpc) is 2.44. The van der Waals surface area contributed by atoms with Crippen molar-refractivity contribution in [3.63, 3.8) is 0 Å². The number of aliphatic hydroxyl groups is 1. The summed E-state index contributed by atoms with van der Waals surface area (Å²) in [6, 6.07) is 0. The molecular formula is C10H16N2O3. The third kappa shape index (κ3) is 3.36. The average molecular weight is 212 g/mol. The summed E-state index contributed by atoms with van der Waals surface area (Å²) in [6.07, 6.45) is 0.112. The Bertz CT molecular complexity index is 344. The molecule has 0 fully saturated rings. The van der Waals surface area contributed by atoms with Crippen molar-refractivity contribution in [3.8, 4) is 0 Å². The number of aryl methyl sites for hydroxylation is 2. The molecule has 0 radical (unpaired) electrons. The van der Waals surface area contributed by atoms with Gasteiger partial charge in [-0.1, -0.05) is 0 Å². The van der Waals surface area contributed by atoms with Gasteiger partial charge in [-0.3, -0.25) is 4.79 Å². The van der Waals surface area contributed by atoms with Gasteiger partial charge in [-0.25, -0.2) is 4.98 Å². The highest BCUT2D eigenvalue weighted by molar-refractivity contribution is 5.92. The summed E-state index contributed by atoms with van der Waals surface area (Å²) in [5, 5.41) is 11.7. The summed E-state index contributed by atoms with van der Waals surface area (Å²) in [4.78, 5) is 15.5. The molecule has 0 aliphatic heterocycles. The van der Waals surface area contributed by atoms with Crippen LogP contribution in [-0.2, 0) is 0 Å². The van der Waals surface area contributed by atoms with Crippen molar-refractivity contribution in [1.82, 2.24) is 10.3 Å². The Morgan fingerprint density at radius 3 is 2.73 bits per heavy atom. The first-order chi connectivity index (χ1) is 7.00. The third-order valence-corrected chi connectivity index (χ3v) is 1.96. The molecule has 5 heteroatoms. The number of nitrogens with one attached hydrogen (secondary N) is 1. The molecule has 1 aromatic heterocycles. The minimum atomic E-state index is -0.414. The van der Waals surface area contributed by atoms with E-state index in [1.807, 2.05) is 0 Å². The highest BCUT2D eigenvalue weighted by Gasteiger charge is 2.15. The molecule has 0 spiro atoms. The molecule has 0 bridgehead atoms. The number of carbonyl (C=O) groups excluding carboxylic acids is 1. The molecule has 0 aliphatic carbocycles. The van der Waals surface area contributed by atoms with E-state index in [4.69, 9.17) is 9.52 Å². The van der Waals surface area contributed by atoms with Crippen LogP contribution in [0.3, 0.4) is 0 Å². The first-order valence-corrected chi connectivity index (χ1v) is 4.91. The second kappa shape index (κ2) is 4.93. The Hall–Kier alpha value is -1.36. The van der Waals surface area contributed by atoms with Gasteiger partial charge < -0.3 is 14.8 Å². The summed E-state index contributed by atoms with van der Waals surface area (Å²) < 4.78 is 5.15. The summed E-state index contributed by atoms with van der Waals surface area (Å²) in [5.74, 6) is 0.444. The normalized spacial score (nSPS) is 12.5. The molecule has 5 nitrogen and oxygen atoms in total. The predicted molar refractivity (Wildman–Crippen MR) is 54.6 cm³/mol. The van der Waals surface area contributed by atoms with Gasteiger partial charge in [-0.2, -0.15) is 0 Å². The SMILES string of the molecule is Cc1nc(C)c(C(=O)NCCC(C)O)o1. The molecule has 1 aromatic rings. The highest BCUT2D eigenvalue weighted by Crippen LogP contribution is 2.08. The van der Waals surface area contributed by atoms with Crippen molar-refractivity contribution in [2.75, 3.05) is 6.54 Å². The summed E-state index contributed by atoms with van der Waals surface area (Å²) in [7, 11) is 0. The topological polar surface area (TPSA) is 75.4 Å². The molecular weight excluding hydrogens is 196 g/mol. The molecule has 15 heavy (non-hydrogen) atoms. The number of hydrogen-bond acceptors (Lipinski definition) is 4. The number of amides is 1. The Labute approximate surface area is 88.5 Å². The predicted octanol–water partition coefficient (Wildman–Crippen LogP) is 0.792. The highest BCUT2D eigenvalue weighted by atomic mass is 16.4. The fourth-order valence-electron chi connectivity index (χ4n) is 1.22. The molecule has 1 rings (SSSR count). The van der Waals surface area contributed by atoms with Crippen LogP contribution in [0.25, 0.3) is 0 Å². The maximum atomic E-state index is 11.5. The Morgan fingerprint density at radius 2 is 2.27 bits per heavy atom. The lowest BCUT2D eigenvalue weighted by molar-refractivity contribution is 0.0915. The van der Waals surface area contributed by atoms with E-state index in [0.29, 0.717) is 24.6 Å². The molecule has 84 valence electrons. The van der Waals surface area contributed by atoms with Crippen LogP contribution in [0.2, 0.25) is 0 Å². The number of oxazole rings is 1. The third-order valence-electron chi connectivity index (χ3n) is 1.96. The molecule has 1 atom stereocenters. The van der Waals surface area contributed by atoms with Gasteiger partial charge in [0.05, 0.1) is 11.8 Å². The van der Waals surface area contributed by atoms with Gasteiger partial charge in [-0.05, 0) is 20.3 Å². The second-order valence-corrected chi connectivity index (χ2v) is 3.54. The molecule has 1 heterocycles. The number of hydrogen-bond donors (Lipinski definition) is 2. The number of aliphatic hydroxyl groups excluding tert-OH is 1. The molecule has 0 aromatic carbocycles. The molecule has 0 saturated carbocycles. The Morgan fingerprint density at radius 1 is 1.60 bits per heavy atom. The van der Waals surface area contributed by atoms with E-state index in [2.05, 4.69) is 10.3 Å². The standard InChI is InChI=1S/C10H16N2O3/c1-6(13)4-5-11-10(14)9-7(2)12-8(3)15-9/h6,13H,4-5H2,1-3H3,(H,11,14). The zero-order chi connectivity index (χ0) is 11.4. The van der Waals surface area contributed by atoms with E-state index >= 15 is 0 Å². The van der Waals surface area contributed by atoms with Gasteiger partial charge in [0.15, 0.2) is 5.89 Å². The van der Waals surface area contributed by atoms with E-state index in [1.165, 1.54) is 0 Å². The minimum Gasteiger partial charge on any atom is -0.436 e. The van der Waals surface area contributed by atoms with Crippen molar-refractivity contribution < 1.29 is 14.3 Å². The van der Waals surface area contributed by atoms with Gasteiger partial charge in [-0.15, -0.1) is 0 Å². The summed E-state index contributed by atoms with van der Waals surface area (Å²) in [5.41, 5.74) is 0.585. The fraction of sp³-hybridized carbons (Fsp3) is 0.600. The van der Waals surface area contributed by atoms with Crippen LogP contribution in [0.5, 0.6) is 0 Å². The van der Waals surface area contributed by atoms with Crippen LogP contribution in [0, 0.1) is 13.8 Å². The van der Waals surface area contributed by atoms with Gasteiger partial charge in [0, 0.05) is 13.5 Å². The van der Waals surface area contributed by atoms with E-state index in [0.717, 1.165) is 0 Å². The maximum Gasteiger partial charge on any atom is 0.289 e. The largest absolute Gasteiger partial charge is 0.436 e. The zero-order valence-corrected chi connectivity index (χ0v) is 9.20. The van der Waals surface area contributed by atoms with Crippen LogP contribution < -0.4 is 5.32 Å². The van der Waals surface area contributed by atoms with Crippen molar-refractivity contribution in [2.24, 2.45) is 0 Å². The number of aromatic nitrogens is 1. The van der Waals surface area contributed by atoms with E-state index in [1.54, 1.807) is 20.8 Å². The Balaban J connectivity index is 2.50. The number of carbonyl (C=O) groups is 1. The monoisotopic (exact) mass is 212 g/mol. The van der Waals surface area contributed by atoms with E-state index in [9.17, 15) is 4.79 Å². The fourth-order valence-corrected chi connectivity index (χ4v) is 1.22. The summed E-state index contributed by atoms with van der Waals surface area (Å²) in [6.45, 7) is 5.52. The van der Waals surface area contributed by atoms with Crippen LogP contribution in [0.4, 0.5) is 0 Å². The lowest BCUT2D eigenvalue weighted by Crippen LogP contribution is -2.26. The zero-order valence-electron chi connectivity index (χ0n) is 9.20. The Kier molecular flexibility index (Phi) is 3.85. The van der Waals surface area contributed by atoms with Gasteiger partial charge in [0.2, 0.25) is 5.76 Å². The summed E-state index contributed by atoms with van der Waals surface area (Å²) >= 11 is 0. The first kappa shape index (κ1) is 11.7. The second-order valence-electron chi connectivity index (χ2n) is 3.54. The van der Waals surface area contributed by atoms with Crippen LogP contribution in [0.1, 0.15) is 35.5 Å². The van der Waals surface area contributed by atoms with Gasteiger partial charge >= 0.3 is 0 Å². The van der Waals surface area contributed by atoms with Gasteiger partial charge in [0.25, 0.3) is 5.91 Å². The first-order valence-electron chi connectivity index (χ1n) is 4.91.